The molecule has 2 atom stereocenters. The van der Waals surface area contributed by atoms with E-state index in [1.807, 2.05) is 48.5 Å². The fraction of sp³-hybridized carbons (Fsp3) is 0.273. The summed E-state index contributed by atoms with van der Waals surface area (Å²) in [4.78, 5) is 46.3. The molecule has 0 heterocycles. The van der Waals surface area contributed by atoms with Crippen molar-refractivity contribution in [3.8, 4) is 11.1 Å². The number of amides is 2. The van der Waals surface area contributed by atoms with Crippen molar-refractivity contribution in [2.24, 2.45) is 0 Å². The van der Waals surface area contributed by atoms with Crippen LogP contribution in [0.15, 0.2) is 48.5 Å². The van der Waals surface area contributed by atoms with Crippen molar-refractivity contribution in [2.45, 2.75) is 31.8 Å². The van der Waals surface area contributed by atoms with Gasteiger partial charge in [-0.2, -0.15) is 0 Å². The topological polar surface area (TPSA) is 122 Å². The highest BCUT2D eigenvalue weighted by Gasteiger charge is 2.30. The molecular formula is C22H22N2O6. The normalized spacial score (nSPS) is 14.1. The van der Waals surface area contributed by atoms with Gasteiger partial charge in [-0.05, 0) is 36.1 Å². The number of rotatable bonds is 7. The van der Waals surface area contributed by atoms with Crippen LogP contribution in [0.3, 0.4) is 0 Å². The summed E-state index contributed by atoms with van der Waals surface area (Å²) in [7, 11) is 0. The third-order valence-corrected chi connectivity index (χ3v) is 5.03. The maximum Gasteiger partial charge on any atom is 0.407 e. The average Bonchev–Trinajstić information content (AvgIpc) is 3.05. The molecule has 2 aromatic rings. The van der Waals surface area contributed by atoms with Crippen molar-refractivity contribution >= 4 is 23.8 Å². The van der Waals surface area contributed by atoms with Gasteiger partial charge in [0.15, 0.2) is 0 Å². The first kappa shape index (κ1) is 21.0. The minimum atomic E-state index is -1.64. The lowest BCUT2D eigenvalue weighted by Gasteiger charge is -2.18. The Morgan fingerprint density at radius 2 is 1.43 bits per heavy atom. The van der Waals surface area contributed by atoms with Crippen LogP contribution in [-0.2, 0) is 19.1 Å². The van der Waals surface area contributed by atoms with Gasteiger partial charge in [-0.15, -0.1) is 0 Å². The van der Waals surface area contributed by atoms with Crippen molar-refractivity contribution in [1.82, 2.24) is 10.6 Å². The molecular weight excluding hydrogens is 388 g/mol. The molecule has 1 unspecified atom stereocenters. The number of aliphatic carboxylic acids is 1. The summed E-state index contributed by atoms with van der Waals surface area (Å²) in [6.07, 6.45) is -0.781. The van der Waals surface area contributed by atoms with E-state index in [-0.39, 0.29) is 12.5 Å². The Morgan fingerprint density at radius 1 is 0.900 bits per heavy atom. The minimum Gasteiger partial charge on any atom is -0.475 e. The van der Waals surface area contributed by atoms with Gasteiger partial charge in [0.05, 0.1) is 6.04 Å². The molecule has 3 N–H and O–H groups in total. The number of carboxylic acids is 1. The predicted octanol–water partition coefficient (Wildman–Crippen LogP) is 2.07. The molecule has 1 aliphatic rings. The van der Waals surface area contributed by atoms with Crippen molar-refractivity contribution in [1.29, 1.82) is 0 Å². The lowest BCUT2D eigenvalue weighted by molar-refractivity contribution is -0.150. The van der Waals surface area contributed by atoms with E-state index in [0.29, 0.717) is 0 Å². The monoisotopic (exact) mass is 410 g/mol. The molecule has 1 aliphatic carbocycles. The van der Waals surface area contributed by atoms with E-state index in [4.69, 9.17) is 9.84 Å². The number of Topliss-reactive ketones (excluding diaryl/α,β-unsaturated/α-hetero) is 1. The van der Waals surface area contributed by atoms with Crippen LogP contribution in [0.2, 0.25) is 0 Å². The van der Waals surface area contributed by atoms with Crippen LogP contribution >= 0.6 is 0 Å². The molecule has 0 radical (unpaired) electrons. The van der Waals surface area contributed by atoms with Crippen LogP contribution in [0.4, 0.5) is 4.79 Å². The van der Waals surface area contributed by atoms with Gasteiger partial charge in [0.1, 0.15) is 12.6 Å². The first-order valence-corrected chi connectivity index (χ1v) is 9.48. The van der Waals surface area contributed by atoms with E-state index in [1.54, 1.807) is 0 Å². The zero-order valence-corrected chi connectivity index (χ0v) is 16.5. The summed E-state index contributed by atoms with van der Waals surface area (Å²) in [5.41, 5.74) is 4.34. The highest BCUT2D eigenvalue weighted by molar-refractivity contribution is 6.35. The van der Waals surface area contributed by atoms with Crippen LogP contribution in [0.1, 0.15) is 30.9 Å². The number of benzene rings is 2. The molecule has 30 heavy (non-hydrogen) atoms. The fourth-order valence-corrected chi connectivity index (χ4v) is 3.47. The Bertz CT molecular complexity index is 957. The maximum absolute atomic E-state index is 12.2. The van der Waals surface area contributed by atoms with Gasteiger partial charge in [0, 0.05) is 5.92 Å². The number of carbonyl (C=O) groups excluding carboxylic acids is 3. The number of alkyl carbamates (subject to hydrolysis) is 1. The van der Waals surface area contributed by atoms with Crippen molar-refractivity contribution < 1.29 is 29.0 Å². The number of ether oxygens (including phenoxy) is 1. The Kier molecular flexibility index (Phi) is 6.15. The van der Waals surface area contributed by atoms with Crippen molar-refractivity contribution in [3.05, 3.63) is 59.7 Å². The number of hydrogen-bond donors (Lipinski definition) is 3. The molecule has 0 saturated carbocycles. The number of hydrogen-bond acceptors (Lipinski definition) is 5. The zero-order valence-electron chi connectivity index (χ0n) is 16.5. The largest absolute Gasteiger partial charge is 0.475 e. The van der Waals surface area contributed by atoms with Crippen LogP contribution in [0.25, 0.3) is 11.1 Å². The highest BCUT2D eigenvalue weighted by Crippen LogP contribution is 2.44. The first-order valence-electron chi connectivity index (χ1n) is 9.48. The van der Waals surface area contributed by atoms with E-state index in [0.717, 1.165) is 22.3 Å². The molecule has 0 saturated heterocycles. The van der Waals surface area contributed by atoms with Gasteiger partial charge in [-0.25, -0.2) is 9.59 Å². The molecule has 0 aliphatic heterocycles. The SMILES string of the molecule is CC(NC(=O)OCC1c2ccccc2-c2ccccc21)C(=O)N[C@@H](C)C(=O)C(=O)O. The average molecular weight is 410 g/mol. The molecule has 2 aromatic carbocycles. The Balaban J connectivity index is 1.58. The standard InChI is InChI=1S/C22H22N2O6/c1-12(19(25)21(27)28)23-20(26)13(2)24-22(29)30-11-18-16-9-5-3-7-14(16)15-8-4-6-10-17(15)18/h3-10,12-13,18H,11H2,1-2H3,(H,23,26)(H,24,29)(H,27,28)/t12-,13?/m0/s1. The van der Waals surface area contributed by atoms with E-state index < -0.39 is 35.8 Å². The minimum absolute atomic E-state index is 0.0993. The second-order valence-electron chi connectivity index (χ2n) is 7.09. The number of nitrogens with one attached hydrogen (secondary N) is 2. The van der Waals surface area contributed by atoms with E-state index in [1.165, 1.54) is 13.8 Å². The third kappa shape index (κ3) is 4.32. The smallest absolute Gasteiger partial charge is 0.407 e. The molecule has 8 heteroatoms. The first-order chi connectivity index (χ1) is 14.3. The summed E-state index contributed by atoms with van der Waals surface area (Å²) in [6.45, 7) is 2.77. The molecule has 0 fully saturated rings. The Hall–Kier alpha value is -3.68. The predicted molar refractivity (Wildman–Crippen MR) is 108 cm³/mol. The number of carbonyl (C=O) groups is 4. The zero-order chi connectivity index (χ0) is 21.8. The molecule has 8 nitrogen and oxygen atoms in total. The lowest BCUT2D eigenvalue weighted by Crippen LogP contribution is -2.50. The molecule has 0 bridgehead atoms. The van der Waals surface area contributed by atoms with Gasteiger partial charge >= 0.3 is 12.1 Å². The summed E-state index contributed by atoms with van der Waals surface area (Å²) < 4.78 is 5.36. The van der Waals surface area contributed by atoms with Crippen molar-refractivity contribution in [2.75, 3.05) is 6.61 Å². The Morgan fingerprint density at radius 3 is 1.97 bits per heavy atom. The maximum atomic E-state index is 12.2. The second kappa shape index (κ2) is 8.77. The van der Waals surface area contributed by atoms with E-state index >= 15 is 0 Å². The second-order valence-corrected chi connectivity index (χ2v) is 7.09. The van der Waals surface area contributed by atoms with Crippen LogP contribution in [0, 0.1) is 0 Å². The molecule has 156 valence electrons. The molecule has 0 aromatic heterocycles. The Labute approximate surface area is 173 Å². The highest BCUT2D eigenvalue weighted by atomic mass is 16.5. The van der Waals surface area contributed by atoms with Crippen LogP contribution in [0.5, 0.6) is 0 Å². The summed E-state index contributed by atoms with van der Waals surface area (Å²) in [5, 5.41) is 13.3. The fourth-order valence-electron chi connectivity index (χ4n) is 3.47. The quantitative estimate of drug-likeness (QED) is 0.601. The van der Waals surface area contributed by atoms with Crippen LogP contribution < -0.4 is 10.6 Å². The van der Waals surface area contributed by atoms with E-state index in [9.17, 15) is 19.2 Å². The number of carboxylic acid groups (broad SMARTS) is 1. The molecule has 3 rings (SSSR count). The van der Waals surface area contributed by atoms with Crippen LogP contribution in [-0.4, -0.2) is 47.6 Å². The van der Waals surface area contributed by atoms with Gasteiger partial charge in [-0.1, -0.05) is 48.5 Å². The summed E-state index contributed by atoms with van der Waals surface area (Å²) >= 11 is 0. The van der Waals surface area contributed by atoms with Gasteiger partial charge in [-0.3, -0.25) is 9.59 Å². The van der Waals surface area contributed by atoms with Gasteiger partial charge in [0.2, 0.25) is 5.91 Å². The van der Waals surface area contributed by atoms with Gasteiger partial charge in [0.25, 0.3) is 5.78 Å². The van der Waals surface area contributed by atoms with Gasteiger partial charge < -0.3 is 20.5 Å². The van der Waals surface area contributed by atoms with Crippen molar-refractivity contribution in [3.63, 3.8) is 0 Å². The summed E-state index contributed by atoms with van der Waals surface area (Å²) in [6, 6.07) is 13.6. The van der Waals surface area contributed by atoms with E-state index in [2.05, 4.69) is 10.6 Å². The summed E-state index contributed by atoms with van der Waals surface area (Å²) in [5.74, 6) is -3.58. The third-order valence-electron chi connectivity index (χ3n) is 5.03. The molecule has 0 spiro atoms. The number of fused-ring (bicyclic) bond motifs is 3. The number of ketones is 1. The lowest BCUT2D eigenvalue weighted by atomic mass is 9.98. The molecule has 2 amide bonds.